The summed E-state index contributed by atoms with van der Waals surface area (Å²) in [6.45, 7) is 9.71. The monoisotopic (exact) mass is 384 g/mol. The van der Waals surface area contributed by atoms with E-state index < -0.39 is 0 Å². The van der Waals surface area contributed by atoms with E-state index in [9.17, 15) is 5.11 Å². The first-order valence-electron chi connectivity index (χ1n) is 9.46. The molecule has 148 valence electrons. The first-order valence-corrected chi connectivity index (χ1v) is 9.83. The van der Waals surface area contributed by atoms with Gasteiger partial charge in [0.05, 0.1) is 19.2 Å². The Morgan fingerprint density at radius 1 is 1.23 bits per heavy atom. The minimum atomic E-state index is 0.235. The average Bonchev–Trinajstić information content (AvgIpc) is 2.60. The van der Waals surface area contributed by atoms with E-state index in [4.69, 9.17) is 21.1 Å². The van der Waals surface area contributed by atoms with Crippen LogP contribution in [0.2, 0.25) is 5.02 Å². The molecule has 0 amide bonds. The van der Waals surface area contributed by atoms with Gasteiger partial charge in [-0.1, -0.05) is 25.4 Å². The summed E-state index contributed by atoms with van der Waals surface area (Å²) in [4.78, 5) is 4.97. The number of hydrogen-bond donors (Lipinski definition) is 1. The summed E-state index contributed by atoms with van der Waals surface area (Å²) in [5.74, 6) is 1.95. The molecule has 0 bridgehead atoms. The number of ether oxygens (including phenoxy) is 2. The van der Waals surface area contributed by atoms with Crippen LogP contribution in [0.1, 0.15) is 32.3 Å². The van der Waals surface area contributed by atoms with Crippen molar-refractivity contribution in [3.05, 3.63) is 22.7 Å². The number of methoxy groups -OCH3 is 2. The molecule has 0 radical (unpaired) electrons. The van der Waals surface area contributed by atoms with Crippen LogP contribution < -0.4 is 9.47 Å². The van der Waals surface area contributed by atoms with E-state index in [1.807, 2.05) is 12.1 Å². The summed E-state index contributed by atoms with van der Waals surface area (Å²) in [5, 5.41) is 10.0. The van der Waals surface area contributed by atoms with Gasteiger partial charge < -0.3 is 14.6 Å². The molecule has 0 unspecified atom stereocenters. The van der Waals surface area contributed by atoms with Crippen molar-refractivity contribution >= 4 is 11.6 Å². The van der Waals surface area contributed by atoms with Crippen molar-refractivity contribution in [1.82, 2.24) is 9.80 Å². The predicted octanol–water partition coefficient (Wildman–Crippen LogP) is 3.27. The lowest BCUT2D eigenvalue weighted by atomic mass is 10.0. The highest BCUT2D eigenvalue weighted by molar-refractivity contribution is 6.32. The molecule has 0 aromatic heterocycles. The van der Waals surface area contributed by atoms with E-state index in [1.165, 1.54) is 6.42 Å². The standard InChI is InChI=1S/C20H33ClN2O3/c1-15(2)5-7-23-9-8-22(14-17(23)6-10-24)13-16-11-18(21)20(26-4)19(12-16)25-3/h11-12,15,17,24H,5-10,13-14H2,1-4H3/t17-/m1/s1. The number of halogens is 1. The molecule has 1 heterocycles. The number of piperazine rings is 1. The summed E-state index contributed by atoms with van der Waals surface area (Å²) >= 11 is 6.34. The van der Waals surface area contributed by atoms with Crippen LogP contribution in [0.3, 0.4) is 0 Å². The molecule has 2 rings (SSSR count). The van der Waals surface area contributed by atoms with Gasteiger partial charge >= 0.3 is 0 Å². The molecule has 0 spiro atoms. The Labute approximate surface area is 162 Å². The SMILES string of the molecule is COc1cc(CN2CCN(CCC(C)C)[C@H](CCO)C2)cc(Cl)c1OC. The molecule has 1 aromatic carbocycles. The van der Waals surface area contributed by atoms with Crippen molar-refractivity contribution in [1.29, 1.82) is 0 Å². The molecule has 0 saturated carbocycles. The quantitative estimate of drug-likeness (QED) is 0.707. The van der Waals surface area contributed by atoms with Crippen molar-refractivity contribution < 1.29 is 14.6 Å². The first-order chi connectivity index (χ1) is 12.5. The van der Waals surface area contributed by atoms with Crippen molar-refractivity contribution in [2.24, 2.45) is 5.92 Å². The maximum Gasteiger partial charge on any atom is 0.179 e. The van der Waals surface area contributed by atoms with Gasteiger partial charge in [0.2, 0.25) is 0 Å². The number of rotatable bonds is 9. The summed E-state index contributed by atoms with van der Waals surface area (Å²) in [6, 6.07) is 4.36. The number of hydrogen-bond acceptors (Lipinski definition) is 5. The molecule has 5 nitrogen and oxygen atoms in total. The number of aliphatic hydroxyl groups is 1. The molecular formula is C20H33ClN2O3. The normalized spacial score (nSPS) is 19.1. The average molecular weight is 385 g/mol. The molecule has 1 aliphatic rings. The van der Waals surface area contributed by atoms with Crippen LogP contribution in [-0.4, -0.2) is 68.0 Å². The lowest BCUT2D eigenvalue weighted by Crippen LogP contribution is -2.53. The van der Waals surface area contributed by atoms with Gasteiger partial charge in [-0.3, -0.25) is 9.80 Å². The van der Waals surface area contributed by atoms with Crippen LogP contribution in [0.5, 0.6) is 11.5 Å². The fourth-order valence-corrected chi connectivity index (χ4v) is 3.87. The molecule has 26 heavy (non-hydrogen) atoms. The molecule has 1 N–H and O–H groups in total. The third-order valence-corrected chi connectivity index (χ3v) is 5.33. The highest BCUT2D eigenvalue weighted by Gasteiger charge is 2.26. The molecule has 1 saturated heterocycles. The Balaban J connectivity index is 2.03. The van der Waals surface area contributed by atoms with Gasteiger partial charge in [-0.15, -0.1) is 0 Å². The third kappa shape index (κ3) is 5.74. The van der Waals surface area contributed by atoms with Gasteiger partial charge in [0.25, 0.3) is 0 Å². The zero-order valence-electron chi connectivity index (χ0n) is 16.5. The lowest BCUT2D eigenvalue weighted by molar-refractivity contribution is 0.0523. The zero-order chi connectivity index (χ0) is 19.1. The fourth-order valence-electron chi connectivity index (χ4n) is 3.56. The minimum Gasteiger partial charge on any atom is -0.493 e. The van der Waals surface area contributed by atoms with E-state index in [0.717, 1.165) is 44.7 Å². The molecular weight excluding hydrogens is 352 g/mol. The third-order valence-electron chi connectivity index (χ3n) is 5.04. The predicted molar refractivity (Wildman–Crippen MR) is 106 cm³/mol. The second kappa shape index (κ2) is 10.4. The maximum atomic E-state index is 9.46. The van der Waals surface area contributed by atoms with E-state index in [1.54, 1.807) is 14.2 Å². The second-order valence-corrected chi connectivity index (χ2v) is 7.84. The number of benzene rings is 1. The van der Waals surface area contributed by atoms with Crippen molar-refractivity contribution in [3.63, 3.8) is 0 Å². The van der Waals surface area contributed by atoms with Crippen LogP contribution in [-0.2, 0) is 6.54 Å². The van der Waals surface area contributed by atoms with E-state index in [0.29, 0.717) is 28.5 Å². The van der Waals surface area contributed by atoms with Crippen LogP contribution in [0.15, 0.2) is 12.1 Å². The van der Waals surface area contributed by atoms with Crippen LogP contribution >= 0.6 is 11.6 Å². The van der Waals surface area contributed by atoms with E-state index in [-0.39, 0.29) is 6.61 Å². The van der Waals surface area contributed by atoms with Crippen LogP contribution in [0.4, 0.5) is 0 Å². The molecule has 0 aliphatic carbocycles. The van der Waals surface area contributed by atoms with E-state index in [2.05, 4.69) is 23.6 Å². The number of aliphatic hydroxyl groups excluding tert-OH is 1. The van der Waals surface area contributed by atoms with Gasteiger partial charge in [0, 0.05) is 38.8 Å². The summed E-state index contributed by atoms with van der Waals surface area (Å²) in [5.41, 5.74) is 1.12. The highest BCUT2D eigenvalue weighted by atomic mass is 35.5. The van der Waals surface area contributed by atoms with E-state index >= 15 is 0 Å². The Morgan fingerprint density at radius 2 is 2.00 bits per heavy atom. The topological polar surface area (TPSA) is 45.2 Å². The molecule has 1 fully saturated rings. The Morgan fingerprint density at radius 3 is 2.62 bits per heavy atom. The highest BCUT2D eigenvalue weighted by Crippen LogP contribution is 2.36. The van der Waals surface area contributed by atoms with Gasteiger partial charge in [-0.25, -0.2) is 0 Å². The van der Waals surface area contributed by atoms with Gasteiger partial charge in [-0.2, -0.15) is 0 Å². The molecule has 1 aromatic rings. The minimum absolute atomic E-state index is 0.235. The van der Waals surface area contributed by atoms with Gasteiger partial charge in [0.15, 0.2) is 11.5 Å². The second-order valence-electron chi connectivity index (χ2n) is 7.43. The Kier molecular flexibility index (Phi) is 8.48. The van der Waals surface area contributed by atoms with Gasteiger partial charge in [-0.05, 0) is 43.0 Å². The fraction of sp³-hybridized carbons (Fsp3) is 0.700. The summed E-state index contributed by atoms with van der Waals surface area (Å²) in [6.07, 6.45) is 2.02. The first kappa shape index (κ1) is 21.3. The van der Waals surface area contributed by atoms with Crippen LogP contribution in [0.25, 0.3) is 0 Å². The smallest absolute Gasteiger partial charge is 0.179 e. The van der Waals surface area contributed by atoms with Crippen LogP contribution in [0, 0.1) is 5.92 Å². The molecule has 1 atom stereocenters. The largest absolute Gasteiger partial charge is 0.493 e. The summed E-state index contributed by atoms with van der Waals surface area (Å²) in [7, 11) is 3.22. The molecule has 6 heteroatoms. The zero-order valence-corrected chi connectivity index (χ0v) is 17.3. The Bertz CT molecular complexity index is 568. The van der Waals surface area contributed by atoms with Crippen molar-refractivity contribution in [2.75, 3.05) is 47.0 Å². The summed E-state index contributed by atoms with van der Waals surface area (Å²) < 4.78 is 10.7. The number of nitrogens with zero attached hydrogens (tertiary/aromatic N) is 2. The maximum absolute atomic E-state index is 9.46. The lowest BCUT2D eigenvalue weighted by Gasteiger charge is -2.41. The van der Waals surface area contributed by atoms with Gasteiger partial charge in [0.1, 0.15) is 0 Å². The van der Waals surface area contributed by atoms with Crippen molar-refractivity contribution in [2.45, 2.75) is 39.3 Å². The van der Waals surface area contributed by atoms with Crippen molar-refractivity contribution in [3.8, 4) is 11.5 Å². The molecule has 1 aliphatic heterocycles. The Hall–Kier alpha value is -1.01.